The number of carbonyl (C=O) groups is 1. The number of imidazole rings is 1. The van der Waals surface area contributed by atoms with Crippen LogP contribution in [-0.4, -0.2) is 50.5 Å². The third kappa shape index (κ3) is 4.11. The first-order chi connectivity index (χ1) is 11.6. The molecule has 1 amide bonds. The monoisotopic (exact) mass is 329 g/mol. The highest BCUT2D eigenvalue weighted by Gasteiger charge is 2.22. The number of nitrogens with one attached hydrogen (secondary N) is 2. The number of aromatic amines is 1. The number of likely N-dealkylation sites (tertiary alicyclic amines) is 1. The lowest BCUT2D eigenvalue weighted by molar-refractivity contribution is 0.0922. The molecule has 2 aromatic rings. The number of aromatic nitrogens is 3. The molecule has 0 aromatic carbocycles. The Morgan fingerprint density at radius 3 is 3.12 bits per heavy atom. The van der Waals surface area contributed by atoms with E-state index in [9.17, 15) is 9.90 Å². The Hall–Kier alpha value is -2.41. The van der Waals surface area contributed by atoms with Crippen LogP contribution in [0.25, 0.3) is 0 Å². The predicted octanol–water partition coefficient (Wildman–Crippen LogP) is 1.46. The lowest BCUT2D eigenvalue weighted by Gasteiger charge is -2.32. The fourth-order valence-electron chi connectivity index (χ4n) is 3.15. The van der Waals surface area contributed by atoms with Gasteiger partial charge >= 0.3 is 0 Å². The minimum Gasteiger partial charge on any atom is -0.505 e. The summed E-state index contributed by atoms with van der Waals surface area (Å²) < 4.78 is 0. The average Bonchev–Trinajstić information content (AvgIpc) is 2.98. The lowest BCUT2D eigenvalue weighted by atomic mass is 9.98. The van der Waals surface area contributed by atoms with Gasteiger partial charge in [-0.1, -0.05) is 0 Å². The summed E-state index contributed by atoms with van der Waals surface area (Å²) in [7, 11) is 0. The summed E-state index contributed by atoms with van der Waals surface area (Å²) in [6.45, 7) is 5.39. The molecule has 1 aliphatic rings. The third-order valence-corrected chi connectivity index (χ3v) is 4.31. The van der Waals surface area contributed by atoms with Gasteiger partial charge < -0.3 is 15.4 Å². The first-order valence-electron chi connectivity index (χ1n) is 8.27. The second kappa shape index (κ2) is 7.44. The Kier molecular flexibility index (Phi) is 5.10. The summed E-state index contributed by atoms with van der Waals surface area (Å²) in [6.07, 6.45) is 5.59. The predicted molar refractivity (Wildman–Crippen MR) is 89.6 cm³/mol. The highest BCUT2D eigenvalue weighted by atomic mass is 16.3. The van der Waals surface area contributed by atoms with Crippen LogP contribution in [0.3, 0.4) is 0 Å². The molecule has 2 aromatic heterocycles. The first kappa shape index (κ1) is 16.4. The summed E-state index contributed by atoms with van der Waals surface area (Å²) in [5, 5.41) is 12.6. The van der Waals surface area contributed by atoms with E-state index >= 15 is 0 Å². The van der Waals surface area contributed by atoms with Crippen molar-refractivity contribution in [2.75, 3.05) is 19.6 Å². The number of hydrogen-bond acceptors (Lipinski definition) is 5. The minimum absolute atomic E-state index is 0.0816. The zero-order chi connectivity index (χ0) is 16.9. The molecule has 3 heterocycles. The van der Waals surface area contributed by atoms with E-state index in [0.29, 0.717) is 12.5 Å². The van der Waals surface area contributed by atoms with Gasteiger partial charge in [0.05, 0.1) is 0 Å². The molecule has 0 unspecified atom stereocenters. The molecule has 7 nitrogen and oxygen atoms in total. The van der Waals surface area contributed by atoms with E-state index in [0.717, 1.165) is 44.0 Å². The van der Waals surface area contributed by atoms with E-state index in [1.165, 1.54) is 12.3 Å². The van der Waals surface area contributed by atoms with E-state index in [1.54, 1.807) is 6.07 Å². The molecule has 0 bridgehead atoms. The highest BCUT2D eigenvalue weighted by Crippen LogP contribution is 2.18. The van der Waals surface area contributed by atoms with Crippen molar-refractivity contribution in [2.24, 2.45) is 5.92 Å². The van der Waals surface area contributed by atoms with Gasteiger partial charge in [-0.25, -0.2) is 9.97 Å². The van der Waals surface area contributed by atoms with Crippen molar-refractivity contribution >= 4 is 5.91 Å². The molecule has 0 radical (unpaired) electrons. The van der Waals surface area contributed by atoms with Crippen LogP contribution in [0.1, 0.15) is 34.8 Å². The van der Waals surface area contributed by atoms with E-state index in [1.807, 2.05) is 13.1 Å². The van der Waals surface area contributed by atoms with Gasteiger partial charge in [-0.05, 0) is 44.4 Å². The Bertz CT molecular complexity index is 700. The molecule has 0 aliphatic carbocycles. The quantitative estimate of drug-likeness (QED) is 0.772. The molecule has 24 heavy (non-hydrogen) atoms. The van der Waals surface area contributed by atoms with Gasteiger partial charge in [0.1, 0.15) is 11.6 Å². The molecule has 0 spiro atoms. The fraction of sp³-hybridized carbons (Fsp3) is 0.471. The topological polar surface area (TPSA) is 94.1 Å². The van der Waals surface area contributed by atoms with Crippen molar-refractivity contribution in [1.29, 1.82) is 0 Å². The van der Waals surface area contributed by atoms with Gasteiger partial charge in [-0.2, -0.15) is 0 Å². The summed E-state index contributed by atoms with van der Waals surface area (Å²) in [5.41, 5.74) is 1.20. The van der Waals surface area contributed by atoms with Gasteiger partial charge in [0, 0.05) is 37.7 Å². The zero-order valence-electron chi connectivity index (χ0n) is 13.8. The van der Waals surface area contributed by atoms with Gasteiger partial charge in [0.2, 0.25) is 0 Å². The molecular weight excluding hydrogens is 306 g/mol. The second-order valence-electron chi connectivity index (χ2n) is 6.32. The Morgan fingerprint density at radius 2 is 2.38 bits per heavy atom. The molecule has 1 fully saturated rings. The van der Waals surface area contributed by atoms with Gasteiger partial charge in [0.25, 0.3) is 5.91 Å². The second-order valence-corrected chi connectivity index (χ2v) is 6.32. The number of hydrogen-bond donors (Lipinski definition) is 3. The Balaban J connectivity index is 1.50. The van der Waals surface area contributed by atoms with E-state index < -0.39 is 0 Å². The van der Waals surface area contributed by atoms with Crippen LogP contribution in [0.2, 0.25) is 0 Å². The van der Waals surface area contributed by atoms with E-state index in [4.69, 9.17) is 0 Å². The number of nitrogens with zero attached hydrogens (tertiary/aromatic N) is 3. The van der Waals surface area contributed by atoms with Crippen molar-refractivity contribution in [2.45, 2.75) is 26.3 Å². The molecule has 0 saturated carbocycles. The van der Waals surface area contributed by atoms with Crippen molar-refractivity contribution in [3.05, 3.63) is 41.7 Å². The number of aryl methyl sites for hydroxylation is 1. The lowest BCUT2D eigenvalue weighted by Crippen LogP contribution is -2.40. The van der Waals surface area contributed by atoms with Crippen molar-refractivity contribution in [3.63, 3.8) is 0 Å². The van der Waals surface area contributed by atoms with Crippen LogP contribution < -0.4 is 5.32 Å². The minimum atomic E-state index is -0.325. The summed E-state index contributed by atoms with van der Waals surface area (Å²) >= 11 is 0. The summed E-state index contributed by atoms with van der Waals surface area (Å²) in [4.78, 5) is 25.9. The number of amides is 1. The maximum atomic E-state index is 12.1. The Labute approximate surface area is 141 Å². The maximum absolute atomic E-state index is 12.1. The van der Waals surface area contributed by atoms with Gasteiger partial charge in [0.15, 0.2) is 5.69 Å². The number of carbonyl (C=O) groups excluding carboxylic acids is 1. The van der Waals surface area contributed by atoms with Crippen molar-refractivity contribution < 1.29 is 9.90 Å². The van der Waals surface area contributed by atoms with E-state index in [2.05, 4.69) is 25.2 Å². The van der Waals surface area contributed by atoms with Crippen LogP contribution in [0.5, 0.6) is 5.75 Å². The van der Waals surface area contributed by atoms with Crippen LogP contribution in [0.4, 0.5) is 0 Å². The molecule has 3 rings (SSSR count). The standard InChI is InChI=1S/C17H23N5O2/c1-12-19-9-14(21-12)11-22-7-3-4-13(10-22)8-20-17(24)16-15(23)5-2-6-18-16/h2,5-6,9,13,23H,3-4,7-8,10-11H2,1H3,(H,19,21)(H,20,24)/t13-/m1/s1. The molecule has 128 valence electrons. The highest BCUT2D eigenvalue weighted by molar-refractivity contribution is 5.94. The SMILES string of the molecule is Cc1ncc(CN2CCC[C@H](CNC(=O)c3ncccc3O)C2)[nH]1. The van der Waals surface area contributed by atoms with Crippen LogP contribution in [-0.2, 0) is 6.54 Å². The number of H-pyrrole nitrogens is 1. The smallest absolute Gasteiger partial charge is 0.273 e. The fourth-order valence-corrected chi connectivity index (χ4v) is 3.15. The number of piperidine rings is 1. The first-order valence-corrected chi connectivity index (χ1v) is 8.27. The van der Waals surface area contributed by atoms with Crippen LogP contribution in [0.15, 0.2) is 24.5 Å². The van der Waals surface area contributed by atoms with Crippen LogP contribution in [0, 0.1) is 12.8 Å². The van der Waals surface area contributed by atoms with Crippen molar-refractivity contribution in [3.8, 4) is 5.75 Å². The molecule has 7 heteroatoms. The average molecular weight is 329 g/mol. The molecule has 3 N–H and O–H groups in total. The van der Waals surface area contributed by atoms with Crippen LogP contribution >= 0.6 is 0 Å². The molecule has 1 atom stereocenters. The molecule has 1 saturated heterocycles. The number of pyridine rings is 1. The summed E-state index contributed by atoms with van der Waals surface area (Å²) in [6, 6.07) is 3.07. The molecular formula is C17H23N5O2. The summed E-state index contributed by atoms with van der Waals surface area (Å²) in [5.74, 6) is 0.919. The van der Waals surface area contributed by atoms with Gasteiger partial charge in [-0.15, -0.1) is 0 Å². The zero-order valence-corrected chi connectivity index (χ0v) is 13.8. The largest absolute Gasteiger partial charge is 0.505 e. The number of rotatable bonds is 5. The maximum Gasteiger partial charge on any atom is 0.273 e. The third-order valence-electron chi connectivity index (χ3n) is 4.31. The van der Waals surface area contributed by atoms with Crippen molar-refractivity contribution in [1.82, 2.24) is 25.2 Å². The number of aromatic hydroxyl groups is 1. The molecule has 1 aliphatic heterocycles. The Morgan fingerprint density at radius 1 is 1.50 bits per heavy atom. The van der Waals surface area contributed by atoms with E-state index in [-0.39, 0.29) is 17.4 Å². The normalized spacial score (nSPS) is 18.5. The van der Waals surface area contributed by atoms with Gasteiger partial charge in [-0.3, -0.25) is 9.69 Å².